The molecule has 31 heavy (non-hydrogen) atoms. The third-order valence-corrected chi connectivity index (χ3v) is 5.51. The van der Waals surface area contributed by atoms with Crippen LogP contribution in [0.3, 0.4) is 0 Å². The molecular formula is C24H29Cl2FN2O2. The van der Waals surface area contributed by atoms with Gasteiger partial charge in [0.2, 0.25) is 5.91 Å². The van der Waals surface area contributed by atoms with E-state index in [1.807, 2.05) is 0 Å². The SMILES string of the molecule is CCCCCCCCC(=O)NCCN(C(=O)c1ccc(Cl)cc1Cl)c1ccc(F)cc1. The lowest BCUT2D eigenvalue weighted by Crippen LogP contribution is -2.38. The van der Waals surface area contributed by atoms with Gasteiger partial charge < -0.3 is 10.2 Å². The summed E-state index contributed by atoms with van der Waals surface area (Å²) in [6, 6.07) is 10.3. The first-order chi connectivity index (χ1) is 14.9. The van der Waals surface area contributed by atoms with E-state index in [0.29, 0.717) is 17.1 Å². The number of carbonyl (C=O) groups is 2. The van der Waals surface area contributed by atoms with Crippen molar-refractivity contribution in [1.29, 1.82) is 0 Å². The summed E-state index contributed by atoms with van der Waals surface area (Å²) in [5.41, 5.74) is 0.802. The number of amides is 2. The minimum atomic E-state index is -0.395. The van der Waals surface area contributed by atoms with Gasteiger partial charge in [0.1, 0.15) is 5.82 Å². The van der Waals surface area contributed by atoms with Crippen molar-refractivity contribution in [3.63, 3.8) is 0 Å². The lowest BCUT2D eigenvalue weighted by molar-refractivity contribution is -0.121. The summed E-state index contributed by atoms with van der Waals surface area (Å²) in [5.74, 6) is -0.780. The van der Waals surface area contributed by atoms with Crippen molar-refractivity contribution in [3.05, 3.63) is 63.9 Å². The van der Waals surface area contributed by atoms with Crippen LogP contribution in [0, 0.1) is 5.82 Å². The van der Waals surface area contributed by atoms with Crippen LogP contribution in [0.1, 0.15) is 62.2 Å². The molecule has 0 saturated carbocycles. The standard InChI is InChI=1S/C24H29Cl2FN2O2/c1-2-3-4-5-6-7-8-23(30)28-15-16-29(20-12-10-19(27)11-13-20)24(31)21-14-9-18(25)17-22(21)26/h9-14,17H,2-8,15-16H2,1H3,(H,28,30). The second-order valence-corrected chi connectivity index (χ2v) is 8.27. The molecular weight excluding hydrogens is 438 g/mol. The fraction of sp³-hybridized carbons (Fsp3) is 0.417. The van der Waals surface area contributed by atoms with E-state index in [4.69, 9.17) is 23.2 Å². The molecule has 0 spiro atoms. The number of benzene rings is 2. The number of rotatable bonds is 12. The molecule has 0 fully saturated rings. The van der Waals surface area contributed by atoms with E-state index in [-0.39, 0.29) is 35.5 Å². The molecule has 0 bridgehead atoms. The molecule has 0 atom stereocenters. The molecule has 0 radical (unpaired) electrons. The van der Waals surface area contributed by atoms with E-state index in [9.17, 15) is 14.0 Å². The van der Waals surface area contributed by atoms with Crippen LogP contribution in [-0.4, -0.2) is 24.9 Å². The number of anilines is 1. The third-order valence-electron chi connectivity index (χ3n) is 4.96. The van der Waals surface area contributed by atoms with Gasteiger partial charge in [0.15, 0.2) is 0 Å². The van der Waals surface area contributed by atoms with Crippen molar-refractivity contribution in [2.45, 2.75) is 51.9 Å². The fourth-order valence-corrected chi connectivity index (χ4v) is 3.73. The Bertz CT molecular complexity index is 859. The summed E-state index contributed by atoms with van der Waals surface area (Å²) in [4.78, 5) is 26.7. The van der Waals surface area contributed by atoms with Crippen LogP contribution >= 0.6 is 23.2 Å². The average molecular weight is 467 g/mol. The molecule has 168 valence electrons. The third kappa shape index (κ3) is 8.50. The molecule has 2 aromatic carbocycles. The van der Waals surface area contributed by atoms with Crippen molar-refractivity contribution in [3.8, 4) is 0 Å². The van der Waals surface area contributed by atoms with Crippen LogP contribution < -0.4 is 10.2 Å². The van der Waals surface area contributed by atoms with Gasteiger partial charge in [0, 0.05) is 30.2 Å². The average Bonchev–Trinajstić information content (AvgIpc) is 2.74. The highest BCUT2D eigenvalue weighted by atomic mass is 35.5. The largest absolute Gasteiger partial charge is 0.354 e. The van der Waals surface area contributed by atoms with Crippen LogP contribution in [0.5, 0.6) is 0 Å². The molecule has 2 aromatic rings. The van der Waals surface area contributed by atoms with E-state index >= 15 is 0 Å². The predicted molar refractivity (Wildman–Crippen MR) is 126 cm³/mol. The molecule has 0 heterocycles. The first kappa shape index (κ1) is 25.2. The summed E-state index contributed by atoms with van der Waals surface area (Å²) in [5, 5.41) is 3.53. The molecule has 1 N–H and O–H groups in total. The summed E-state index contributed by atoms with van der Waals surface area (Å²) in [6.07, 6.45) is 7.16. The van der Waals surface area contributed by atoms with Crippen LogP contribution in [0.15, 0.2) is 42.5 Å². The number of carbonyl (C=O) groups excluding carboxylic acids is 2. The quantitative estimate of drug-likeness (QED) is 0.356. The van der Waals surface area contributed by atoms with Gasteiger partial charge in [-0.3, -0.25) is 9.59 Å². The number of nitrogens with zero attached hydrogens (tertiary/aromatic N) is 1. The lowest BCUT2D eigenvalue weighted by Gasteiger charge is -2.24. The van der Waals surface area contributed by atoms with Crippen LogP contribution in [0.4, 0.5) is 10.1 Å². The Labute approximate surface area is 193 Å². The summed E-state index contributed by atoms with van der Waals surface area (Å²) in [6.45, 7) is 2.68. The summed E-state index contributed by atoms with van der Waals surface area (Å²) in [7, 11) is 0. The number of hydrogen-bond acceptors (Lipinski definition) is 2. The van der Waals surface area contributed by atoms with Crippen LogP contribution in [0.25, 0.3) is 0 Å². The van der Waals surface area contributed by atoms with Crippen molar-refractivity contribution < 1.29 is 14.0 Å². The minimum Gasteiger partial charge on any atom is -0.354 e. The van der Waals surface area contributed by atoms with Crippen molar-refractivity contribution in [2.24, 2.45) is 0 Å². The lowest BCUT2D eigenvalue weighted by atomic mass is 10.1. The molecule has 0 aromatic heterocycles. The Kier molecular flexibility index (Phi) is 10.8. The molecule has 2 amide bonds. The molecule has 0 aliphatic heterocycles. The maximum atomic E-state index is 13.4. The zero-order valence-corrected chi connectivity index (χ0v) is 19.3. The number of nitrogens with one attached hydrogen (secondary N) is 1. The van der Waals surface area contributed by atoms with E-state index < -0.39 is 5.82 Å². The maximum Gasteiger partial charge on any atom is 0.259 e. The van der Waals surface area contributed by atoms with Gasteiger partial charge in [-0.15, -0.1) is 0 Å². The number of halogens is 3. The molecule has 0 unspecified atom stereocenters. The highest BCUT2D eigenvalue weighted by molar-refractivity contribution is 6.37. The van der Waals surface area contributed by atoms with E-state index in [1.165, 1.54) is 54.5 Å². The predicted octanol–water partition coefficient (Wildman–Crippen LogP) is 6.65. The van der Waals surface area contributed by atoms with E-state index in [2.05, 4.69) is 12.2 Å². The smallest absolute Gasteiger partial charge is 0.259 e. The maximum absolute atomic E-state index is 13.4. The van der Waals surface area contributed by atoms with Crippen molar-refractivity contribution in [1.82, 2.24) is 5.32 Å². The topological polar surface area (TPSA) is 49.4 Å². The van der Waals surface area contributed by atoms with Gasteiger partial charge in [-0.1, -0.05) is 62.2 Å². The fourth-order valence-electron chi connectivity index (χ4n) is 3.24. The van der Waals surface area contributed by atoms with Crippen LogP contribution in [-0.2, 0) is 4.79 Å². The Hall–Kier alpha value is -2.11. The zero-order chi connectivity index (χ0) is 22.6. The van der Waals surface area contributed by atoms with Crippen molar-refractivity contribution in [2.75, 3.05) is 18.0 Å². The molecule has 4 nitrogen and oxygen atoms in total. The second kappa shape index (κ2) is 13.3. The van der Waals surface area contributed by atoms with Gasteiger partial charge in [-0.2, -0.15) is 0 Å². The molecule has 0 aliphatic carbocycles. The van der Waals surface area contributed by atoms with Crippen LogP contribution in [0.2, 0.25) is 10.0 Å². The number of hydrogen-bond donors (Lipinski definition) is 1. The second-order valence-electron chi connectivity index (χ2n) is 7.43. The first-order valence-electron chi connectivity index (χ1n) is 10.7. The molecule has 0 aliphatic rings. The Morgan fingerprint density at radius 2 is 1.65 bits per heavy atom. The summed E-state index contributed by atoms with van der Waals surface area (Å²) >= 11 is 12.1. The Morgan fingerprint density at radius 1 is 0.968 bits per heavy atom. The monoisotopic (exact) mass is 466 g/mol. The van der Waals surface area contributed by atoms with Gasteiger partial charge in [0.25, 0.3) is 5.91 Å². The van der Waals surface area contributed by atoms with Gasteiger partial charge in [-0.05, 0) is 48.9 Å². The van der Waals surface area contributed by atoms with E-state index in [0.717, 1.165) is 19.3 Å². The highest BCUT2D eigenvalue weighted by Crippen LogP contribution is 2.25. The molecule has 0 saturated heterocycles. The Balaban J connectivity index is 1.96. The number of unbranched alkanes of at least 4 members (excludes halogenated alkanes) is 5. The summed E-state index contributed by atoms with van der Waals surface area (Å²) < 4.78 is 13.4. The molecule has 2 rings (SSSR count). The highest BCUT2D eigenvalue weighted by Gasteiger charge is 2.20. The Morgan fingerprint density at radius 3 is 2.32 bits per heavy atom. The molecule has 7 heteroatoms. The van der Waals surface area contributed by atoms with Crippen molar-refractivity contribution >= 4 is 40.7 Å². The zero-order valence-electron chi connectivity index (χ0n) is 17.8. The van der Waals surface area contributed by atoms with Gasteiger partial charge in [-0.25, -0.2) is 4.39 Å². The van der Waals surface area contributed by atoms with E-state index in [1.54, 1.807) is 12.1 Å². The normalized spacial score (nSPS) is 10.7. The first-order valence-corrected chi connectivity index (χ1v) is 11.5. The minimum absolute atomic E-state index is 0.0356. The van der Waals surface area contributed by atoms with Gasteiger partial charge >= 0.3 is 0 Å². The van der Waals surface area contributed by atoms with Gasteiger partial charge in [0.05, 0.1) is 10.6 Å².